The van der Waals surface area contributed by atoms with Crippen molar-refractivity contribution in [1.29, 1.82) is 0 Å². The molecular weight excluding hydrogens is 278 g/mol. The number of hydrogen-bond donors (Lipinski definition) is 0. The Morgan fingerprint density at radius 2 is 0.900 bits per heavy atom. The Morgan fingerprint density at radius 3 is 1.00 bits per heavy atom. The molecule has 20 heavy (non-hydrogen) atoms. The van der Waals surface area contributed by atoms with Crippen LogP contribution in [-0.4, -0.2) is 64.4 Å². The highest BCUT2D eigenvalue weighted by Gasteiger charge is 2.52. The highest BCUT2D eigenvalue weighted by atomic mass is 28.4. The van der Waals surface area contributed by atoms with Gasteiger partial charge in [0.15, 0.2) is 16.8 Å². The van der Waals surface area contributed by atoms with Crippen LogP contribution < -0.4 is 0 Å². The predicted molar refractivity (Wildman–Crippen MR) is 97.8 cm³/mol. The average molecular weight is 318 g/mol. The van der Waals surface area contributed by atoms with Gasteiger partial charge in [0.2, 0.25) is 0 Å². The Hall–Kier alpha value is 0.314. The van der Waals surface area contributed by atoms with Crippen molar-refractivity contribution in [3.8, 4) is 0 Å². The van der Waals surface area contributed by atoms with Crippen molar-refractivity contribution in [3.05, 3.63) is 0 Å². The quantitative estimate of drug-likeness (QED) is 0.599. The predicted octanol–water partition coefficient (Wildman–Crippen LogP) is 3.78. The molecule has 3 nitrogen and oxygen atoms in total. The molecule has 0 amide bonds. The molecular formula is C15H39N3Si2. The molecule has 0 fully saturated rings. The molecule has 0 radical (unpaired) electrons. The van der Waals surface area contributed by atoms with E-state index in [9.17, 15) is 0 Å². The summed E-state index contributed by atoms with van der Waals surface area (Å²) >= 11 is 0. The maximum Gasteiger partial charge on any atom is 0.200 e. The Labute approximate surface area is 130 Å². The summed E-state index contributed by atoms with van der Waals surface area (Å²) in [6, 6.07) is 5.90. The molecule has 0 aliphatic rings. The molecule has 122 valence electrons. The van der Waals surface area contributed by atoms with Gasteiger partial charge in [-0.25, -0.2) is 0 Å². The van der Waals surface area contributed by atoms with Gasteiger partial charge < -0.3 is 13.4 Å². The normalized spacial score (nSPS) is 14.1. The number of rotatable bonds is 9. The number of hydrogen-bond acceptors (Lipinski definition) is 3. The van der Waals surface area contributed by atoms with E-state index in [1.807, 2.05) is 0 Å². The van der Waals surface area contributed by atoms with Gasteiger partial charge in [-0.1, -0.05) is 41.5 Å². The van der Waals surface area contributed by atoms with E-state index in [4.69, 9.17) is 0 Å². The Kier molecular flexibility index (Phi) is 8.21. The second kappa shape index (κ2) is 8.08. The van der Waals surface area contributed by atoms with E-state index in [0.29, 0.717) is 6.04 Å². The van der Waals surface area contributed by atoms with E-state index in [0.717, 1.165) is 0 Å². The first-order chi connectivity index (χ1) is 9.19. The zero-order valence-electron chi connectivity index (χ0n) is 15.7. The molecule has 0 aliphatic carbocycles. The van der Waals surface area contributed by atoms with Crippen molar-refractivity contribution in [2.24, 2.45) is 0 Å². The Balaban J connectivity index is 6.08. The molecule has 0 heterocycles. The van der Waals surface area contributed by atoms with Crippen molar-refractivity contribution in [3.63, 3.8) is 0 Å². The van der Waals surface area contributed by atoms with E-state index >= 15 is 0 Å². The maximum atomic E-state index is 3.04. The zero-order chi connectivity index (χ0) is 16.1. The van der Waals surface area contributed by atoms with E-state index in [-0.39, 0.29) is 0 Å². The smallest absolute Gasteiger partial charge is 0.200 e. The summed E-state index contributed by atoms with van der Waals surface area (Å²) in [5.74, 6) is 0. The summed E-state index contributed by atoms with van der Waals surface area (Å²) in [4.78, 5) is 0. The van der Waals surface area contributed by atoms with Crippen LogP contribution >= 0.6 is 0 Å². The van der Waals surface area contributed by atoms with Gasteiger partial charge in [-0.2, -0.15) is 0 Å². The summed E-state index contributed by atoms with van der Waals surface area (Å²) < 4.78 is 8.24. The summed E-state index contributed by atoms with van der Waals surface area (Å²) in [5.41, 5.74) is 0. The molecule has 0 aromatic heterocycles. The van der Waals surface area contributed by atoms with E-state index in [1.165, 1.54) is 24.2 Å². The van der Waals surface area contributed by atoms with Gasteiger partial charge in [0.1, 0.15) is 0 Å². The first-order valence-corrected chi connectivity index (χ1v) is 13.0. The summed E-state index contributed by atoms with van der Waals surface area (Å²) in [7, 11) is 6.12. The molecule has 5 heteroatoms. The van der Waals surface area contributed by atoms with Gasteiger partial charge in [-0.05, 0) is 58.4 Å². The SMILES string of the molecule is CC[Si](CC)(N(C)C)N(C(C)C)[Si](CC)(CC)N(C)C. The maximum absolute atomic E-state index is 3.04. The standard InChI is InChI=1S/C15H39N3Si2/c1-11-19(12-2,16(7)8)18(15(5)6)20(13-3,14-4)17(9)10/h15H,11-14H2,1-10H3. The highest BCUT2D eigenvalue weighted by molar-refractivity contribution is 6.90. The van der Waals surface area contributed by atoms with Crippen LogP contribution in [0.3, 0.4) is 0 Å². The van der Waals surface area contributed by atoms with Crippen LogP contribution in [0.5, 0.6) is 0 Å². The van der Waals surface area contributed by atoms with Crippen LogP contribution in [0.2, 0.25) is 24.2 Å². The van der Waals surface area contributed by atoms with Gasteiger partial charge in [0, 0.05) is 0 Å². The summed E-state index contributed by atoms with van der Waals surface area (Å²) in [5, 5.41) is 0. The van der Waals surface area contributed by atoms with Crippen LogP contribution in [0.4, 0.5) is 0 Å². The van der Waals surface area contributed by atoms with E-state index < -0.39 is 16.8 Å². The lowest BCUT2D eigenvalue weighted by atomic mass is 10.4. The van der Waals surface area contributed by atoms with Crippen LogP contribution in [0, 0.1) is 0 Å². The minimum absolute atomic E-state index is 0.637. The third-order valence-electron chi connectivity index (χ3n) is 5.34. The van der Waals surface area contributed by atoms with Gasteiger partial charge in [-0.15, -0.1) is 0 Å². The van der Waals surface area contributed by atoms with Crippen LogP contribution in [0.25, 0.3) is 0 Å². The average Bonchev–Trinajstić information content (AvgIpc) is 2.39. The summed E-state index contributed by atoms with van der Waals surface area (Å²) in [6.07, 6.45) is 0. The van der Waals surface area contributed by atoms with Gasteiger partial charge >= 0.3 is 0 Å². The largest absolute Gasteiger partial charge is 0.319 e. The molecule has 0 aromatic rings. The molecule has 0 unspecified atom stereocenters. The molecule has 0 aromatic carbocycles. The molecule has 0 saturated carbocycles. The topological polar surface area (TPSA) is 9.72 Å². The molecule has 0 spiro atoms. The summed E-state index contributed by atoms with van der Waals surface area (Å²) in [6.45, 7) is 14.5. The second-order valence-electron chi connectivity index (χ2n) is 6.63. The minimum Gasteiger partial charge on any atom is -0.319 e. The van der Waals surface area contributed by atoms with E-state index in [2.05, 4.69) is 83.1 Å². The monoisotopic (exact) mass is 317 g/mol. The fourth-order valence-corrected chi connectivity index (χ4v) is 18.1. The van der Waals surface area contributed by atoms with Gasteiger partial charge in [-0.3, -0.25) is 0 Å². The molecule has 0 rings (SSSR count). The van der Waals surface area contributed by atoms with Gasteiger partial charge in [0.05, 0.1) is 0 Å². The van der Waals surface area contributed by atoms with Crippen LogP contribution in [0.15, 0.2) is 0 Å². The Bertz CT molecular complexity index is 248. The fourth-order valence-electron chi connectivity index (χ4n) is 4.23. The molecule has 0 aliphatic heterocycles. The number of nitrogens with zero attached hydrogens (tertiary/aromatic N) is 3. The van der Waals surface area contributed by atoms with Gasteiger partial charge in [0.25, 0.3) is 0 Å². The highest BCUT2D eigenvalue weighted by Crippen LogP contribution is 2.35. The third-order valence-corrected chi connectivity index (χ3v) is 18.5. The van der Waals surface area contributed by atoms with Crippen molar-refractivity contribution in [2.45, 2.75) is 71.8 Å². The fraction of sp³-hybridized carbons (Fsp3) is 1.00. The minimum atomic E-state index is -1.57. The first kappa shape index (κ1) is 20.3. The van der Waals surface area contributed by atoms with Crippen LogP contribution in [-0.2, 0) is 0 Å². The Morgan fingerprint density at radius 1 is 0.650 bits per heavy atom. The molecule has 0 saturated heterocycles. The lowest BCUT2D eigenvalue weighted by Gasteiger charge is -2.58. The zero-order valence-corrected chi connectivity index (χ0v) is 17.7. The lowest BCUT2D eigenvalue weighted by Crippen LogP contribution is -2.77. The van der Waals surface area contributed by atoms with Crippen molar-refractivity contribution in [2.75, 3.05) is 28.2 Å². The third kappa shape index (κ3) is 3.38. The first-order valence-electron chi connectivity index (χ1n) is 8.34. The second-order valence-corrected chi connectivity index (χ2v) is 16.6. The van der Waals surface area contributed by atoms with Crippen molar-refractivity contribution >= 4 is 16.8 Å². The van der Waals surface area contributed by atoms with Crippen molar-refractivity contribution < 1.29 is 0 Å². The molecule has 0 atom stereocenters. The molecule has 0 N–H and O–H groups in total. The van der Waals surface area contributed by atoms with Crippen LogP contribution in [0.1, 0.15) is 41.5 Å². The van der Waals surface area contributed by atoms with E-state index in [1.54, 1.807) is 0 Å². The van der Waals surface area contributed by atoms with Crippen molar-refractivity contribution in [1.82, 2.24) is 13.4 Å². The lowest BCUT2D eigenvalue weighted by molar-refractivity contribution is 0.381. The molecule has 0 bridgehead atoms.